The van der Waals surface area contributed by atoms with E-state index >= 15 is 0 Å². The van der Waals surface area contributed by atoms with E-state index in [0.717, 1.165) is 0 Å². The predicted molar refractivity (Wildman–Crippen MR) is 90.2 cm³/mol. The van der Waals surface area contributed by atoms with Crippen molar-refractivity contribution < 1.29 is 14.6 Å². The molecule has 2 rings (SSSR count). The van der Waals surface area contributed by atoms with Gasteiger partial charge in [-0.1, -0.05) is 20.8 Å². The fourth-order valence-electron chi connectivity index (χ4n) is 2.11. The number of anilines is 2. The second kappa shape index (κ2) is 6.56. The molecule has 0 aliphatic heterocycles. The number of phenolic OH excluding ortho intramolecular Hbond substituents is 1. The lowest BCUT2D eigenvalue weighted by atomic mass is 9.86. The molecule has 3 N–H and O–H groups in total. The van der Waals surface area contributed by atoms with Gasteiger partial charge in [0.25, 0.3) is 0 Å². The van der Waals surface area contributed by atoms with Crippen molar-refractivity contribution in [3.05, 3.63) is 42.2 Å². The number of aromatic nitrogens is 1. The molecule has 0 spiro atoms. The van der Waals surface area contributed by atoms with Crippen molar-refractivity contribution in [1.82, 2.24) is 4.98 Å². The van der Waals surface area contributed by atoms with Crippen LogP contribution in [0, 0.1) is 0 Å². The Bertz CT molecular complexity index is 694. The maximum Gasteiger partial charge on any atom is 0.323 e. The van der Waals surface area contributed by atoms with Gasteiger partial charge in [0.1, 0.15) is 11.5 Å². The molecule has 0 unspecified atom stereocenters. The van der Waals surface area contributed by atoms with Gasteiger partial charge in [-0.25, -0.2) is 4.79 Å². The fraction of sp³-hybridized carbons (Fsp3) is 0.294. The van der Waals surface area contributed by atoms with E-state index in [1.807, 2.05) is 20.8 Å². The topological polar surface area (TPSA) is 83.5 Å². The standard InChI is InChI=1S/C17H21N3O3/c1-17(2,3)13-9-12(23-4)10-14(15(13)21)20-16(22)19-11-5-7-18-8-6-11/h5-10,21H,1-4H3,(H2,18,19,20,22). The first-order valence-corrected chi connectivity index (χ1v) is 7.21. The van der Waals surface area contributed by atoms with Crippen molar-refractivity contribution >= 4 is 17.4 Å². The van der Waals surface area contributed by atoms with Gasteiger partial charge in [-0.2, -0.15) is 0 Å². The van der Waals surface area contributed by atoms with Crippen molar-refractivity contribution in [1.29, 1.82) is 0 Å². The van der Waals surface area contributed by atoms with E-state index in [1.54, 1.807) is 43.8 Å². The number of aromatic hydroxyl groups is 1. The summed E-state index contributed by atoms with van der Waals surface area (Å²) in [5.74, 6) is 0.593. The Labute approximate surface area is 135 Å². The zero-order valence-electron chi connectivity index (χ0n) is 13.7. The van der Waals surface area contributed by atoms with Crippen LogP contribution in [0.2, 0.25) is 0 Å². The highest BCUT2D eigenvalue weighted by molar-refractivity contribution is 6.00. The number of hydrogen-bond acceptors (Lipinski definition) is 4. The van der Waals surface area contributed by atoms with Crippen LogP contribution in [0.15, 0.2) is 36.7 Å². The van der Waals surface area contributed by atoms with E-state index in [-0.39, 0.29) is 11.2 Å². The Balaban J connectivity index is 2.27. The van der Waals surface area contributed by atoms with Crippen LogP contribution in [0.1, 0.15) is 26.3 Å². The third-order valence-electron chi connectivity index (χ3n) is 3.31. The molecule has 0 fully saturated rings. The number of amides is 2. The average molecular weight is 315 g/mol. The number of methoxy groups -OCH3 is 1. The number of ether oxygens (including phenoxy) is 1. The van der Waals surface area contributed by atoms with Gasteiger partial charge in [-0.15, -0.1) is 0 Å². The van der Waals surface area contributed by atoms with Crippen LogP contribution < -0.4 is 15.4 Å². The minimum absolute atomic E-state index is 0.0307. The molecule has 0 aliphatic carbocycles. The summed E-state index contributed by atoms with van der Waals surface area (Å²) in [5, 5.41) is 15.8. The van der Waals surface area contributed by atoms with Crippen molar-refractivity contribution in [3.8, 4) is 11.5 Å². The Morgan fingerprint density at radius 2 is 1.83 bits per heavy atom. The molecule has 1 aromatic heterocycles. The number of hydrogen-bond donors (Lipinski definition) is 3. The molecule has 122 valence electrons. The highest BCUT2D eigenvalue weighted by Gasteiger charge is 2.22. The average Bonchev–Trinajstić information content (AvgIpc) is 2.49. The molecule has 1 heterocycles. The zero-order valence-corrected chi connectivity index (χ0v) is 13.7. The molecule has 23 heavy (non-hydrogen) atoms. The number of pyridine rings is 1. The van der Waals surface area contributed by atoms with Gasteiger partial charge in [-0.05, 0) is 23.6 Å². The minimum Gasteiger partial charge on any atom is -0.505 e. The van der Waals surface area contributed by atoms with Gasteiger partial charge in [0, 0.05) is 29.7 Å². The van der Waals surface area contributed by atoms with E-state index in [4.69, 9.17) is 4.74 Å². The Morgan fingerprint density at radius 3 is 2.39 bits per heavy atom. The predicted octanol–water partition coefficient (Wildman–Crippen LogP) is 3.74. The molecule has 2 aromatic rings. The molecule has 0 saturated carbocycles. The van der Waals surface area contributed by atoms with E-state index in [9.17, 15) is 9.90 Å². The maximum absolute atomic E-state index is 12.1. The molecule has 6 nitrogen and oxygen atoms in total. The molecule has 0 saturated heterocycles. The lowest BCUT2D eigenvalue weighted by molar-refractivity contribution is 0.262. The Morgan fingerprint density at radius 1 is 1.17 bits per heavy atom. The molecule has 2 amide bonds. The van der Waals surface area contributed by atoms with E-state index in [0.29, 0.717) is 22.7 Å². The van der Waals surface area contributed by atoms with Crippen LogP contribution in [0.5, 0.6) is 11.5 Å². The molecular formula is C17H21N3O3. The summed E-state index contributed by atoms with van der Waals surface area (Å²) < 4.78 is 5.25. The number of carbonyl (C=O) groups is 1. The number of carbonyl (C=O) groups excluding carboxylic acids is 1. The summed E-state index contributed by atoms with van der Waals surface area (Å²) in [4.78, 5) is 16.0. The first-order chi connectivity index (χ1) is 10.8. The summed E-state index contributed by atoms with van der Waals surface area (Å²) in [6.45, 7) is 5.92. The number of rotatable bonds is 3. The summed E-state index contributed by atoms with van der Waals surface area (Å²) in [6.07, 6.45) is 3.16. The third kappa shape index (κ3) is 4.12. The summed E-state index contributed by atoms with van der Waals surface area (Å²) in [5.41, 5.74) is 1.30. The van der Waals surface area contributed by atoms with Gasteiger partial charge in [0.2, 0.25) is 0 Å². The van der Waals surface area contributed by atoms with Crippen LogP contribution in [0.3, 0.4) is 0 Å². The summed E-state index contributed by atoms with van der Waals surface area (Å²) in [7, 11) is 1.54. The number of urea groups is 1. The van der Waals surface area contributed by atoms with Crippen molar-refractivity contribution in [3.63, 3.8) is 0 Å². The zero-order chi connectivity index (χ0) is 17.0. The van der Waals surface area contributed by atoms with Crippen LogP contribution in [-0.2, 0) is 5.41 Å². The highest BCUT2D eigenvalue weighted by Crippen LogP contribution is 2.39. The second-order valence-electron chi connectivity index (χ2n) is 6.14. The largest absolute Gasteiger partial charge is 0.505 e. The van der Waals surface area contributed by atoms with Crippen LogP contribution in [-0.4, -0.2) is 23.2 Å². The van der Waals surface area contributed by atoms with E-state index in [2.05, 4.69) is 15.6 Å². The van der Waals surface area contributed by atoms with Crippen molar-refractivity contribution in [2.24, 2.45) is 0 Å². The lowest BCUT2D eigenvalue weighted by Gasteiger charge is -2.23. The number of nitrogens with one attached hydrogen (secondary N) is 2. The SMILES string of the molecule is COc1cc(NC(=O)Nc2ccncc2)c(O)c(C(C)(C)C)c1. The molecule has 0 bridgehead atoms. The third-order valence-corrected chi connectivity index (χ3v) is 3.31. The second-order valence-corrected chi connectivity index (χ2v) is 6.14. The van der Waals surface area contributed by atoms with Gasteiger partial charge in [-0.3, -0.25) is 4.98 Å². The van der Waals surface area contributed by atoms with Gasteiger partial charge >= 0.3 is 6.03 Å². The van der Waals surface area contributed by atoms with Crippen LogP contribution in [0.25, 0.3) is 0 Å². The molecule has 0 radical (unpaired) electrons. The normalized spacial score (nSPS) is 11.0. The van der Waals surface area contributed by atoms with Crippen molar-refractivity contribution in [2.75, 3.05) is 17.7 Å². The van der Waals surface area contributed by atoms with Gasteiger partial charge in [0.15, 0.2) is 0 Å². The van der Waals surface area contributed by atoms with E-state index in [1.165, 1.54) is 0 Å². The molecule has 1 aromatic carbocycles. The molecule has 0 atom stereocenters. The summed E-state index contributed by atoms with van der Waals surface area (Å²) in [6, 6.07) is 6.23. The molecule has 0 aliphatic rings. The van der Waals surface area contributed by atoms with Crippen LogP contribution in [0.4, 0.5) is 16.2 Å². The van der Waals surface area contributed by atoms with Crippen LogP contribution >= 0.6 is 0 Å². The lowest BCUT2D eigenvalue weighted by Crippen LogP contribution is -2.20. The Kier molecular flexibility index (Phi) is 4.74. The fourth-order valence-corrected chi connectivity index (χ4v) is 2.11. The number of nitrogens with zero attached hydrogens (tertiary/aromatic N) is 1. The first-order valence-electron chi connectivity index (χ1n) is 7.21. The highest BCUT2D eigenvalue weighted by atomic mass is 16.5. The molecule has 6 heteroatoms. The first kappa shape index (κ1) is 16.6. The molecular weight excluding hydrogens is 294 g/mol. The number of benzene rings is 1. The van der Waals surface area contributed by atoms with Gasteiger partial charge in [0.05, 0.1) is 12.8 Å². The Hall–Kier alpha value is -2.76. The quantitative estimate of drug-likeness (QED) is 0.753. The number of phenols is 1. The smallest absolute Gasteiger partial charge is 0.323 e. The minimum atomic E-state index is -0.459. The van der Waals surface area contributed by atoms with E-state index < -0.39 is 6.03 Å². The monoisotopic (exact) mass is 315 g/mol. The van der Waals surface area contributed by atoms with Gasteiger partial charge < -0.3 is 20.5 Å². The maximum atomic E-state index is 12.1. The summed E-state index contributed by atoms with van der Waals surface area (Å²) >= 11 is 0. The van der Waals surface area contributed by atoms with Crippen molar-refractivity contribution in [2.45, 2.75) is 26.2 Å².